The van der Waals surface area contributed by atoms with Gasteiger partial charge in [0, 0.05) is 32.6 Å². The van der Waals surface area contributed by atoms with Crippen molar-refractivity contribution < 1.29 is 4.57 Å². The first kappa shape index (κ1) is 31.8. The summed E-state index contributed by atoms with van der Waals surface area (Å²) in [6.07, 6.45) is 0. The Kier molecular flexibility index (Phi) is 7.05. The summed E-state index contributed by atoms with van der Waals surface area (Å²) in [5.74, 6) is 0.636. The highest BCUT2D eigenvalue weighted by molar-refractivity contribution is 7.85. The molecule has 55 heavy (non-hydrogen) atoms. The number of benzene rings is 8. The van der Waals surface area contributed by atoms with Gasteiger partial charge in [-0.25, -0.2) is 9.97 Å². The Morgan fingerprint density at radius 3 is 1.51 bits per heavy atom. The monoisotopic (exact) mass is 720 g/mol. The fraction of sp³-hybridized carbons (Fsp3) is 0.0196. The second-order valence-corrected chi connectivity index (χ2v) is 17.1. The summed E-state index contributed by atoms with van der Waals surface area (Å²) in [5, 5.41) is 4.68. The van der Waals surface area contributed by atoms with Crippen LogP contribution < -0.4 is 15.9 Å². The lowest BCUT2D eigenvalue weighted by molar-refractivity contribution is 0.592. The number of hydrogen-bond donors (Lipinski definition) is 0. The molecule has 0 unspecified atom stereocenters. The first-order chi connectivity index (χ1) is 27.2. The van der Waals surface area contributed by atoms with Crippen LogP contribution >= 0.6 is 7.14 Å². The maximum Gasteiger partial charge on any atom is 0.171 e. The van der Waals surface area contributed by atoms with Crippen LogP contribution in [0.4, 0.5) is 0 Å². The van der Waals surface area contributed by atoms with Crippen molar-refractivity contribution in [3.63, 3.8) is 0 Å². The predicted molar refractivity (Wildman–Crippen MR) is 226 cm³/mol. The van der Waals surface area contributed by atoms with E-state index in [1.807, 2.05) is 84.9 Å². The summed E-state index contributed by atoms with van der Waals surface area (Å²) in [7, 11) is -3.16. The number of rotatable bonds is 5. The van der Waals surface area contributed by atoms with Gasteiger partial charge >= 0.3 is 0 Å². The molecule has 1 heterocycles. The first-order valence-corrected chi connectivity index (χ1v) is 20.4. The minimum atomic E-state index is -3.16. The summed E-state index contributed by atoms with van der Waals surface area (Å²) >= 11 is 0. The zero-order valence-corrected chi connectivity index (χ0v) is 30.7. The van der Waals surface area contributed by atoms with Gasteiger partial charge < -0.3 is 4.57 Å². The zero-order valence-electron chi connectivity index (χ0n) is 29.8. The molecule has 1 aromatic heterocycles. The van der Waals surface area contributed by atoms with Crippen molar-refractivity contribution in [2.45, 2.75) is 5.41 Å². The van der Waals surface area contributed by atoms with Crippen LogP contribution in [0.3, 0.4) is 0 Å². The van der Waals surface area contributed by atoms with Gasteiger partial charge in [0.15, 0.2) is 13.0 Å². The van der Waals surface area contributed by atoms with Crippen LogP contribution in [-0.4, -0.2) is 9.97 Å². The smallest absolute Gasteiger partial charge is 0.171 e. The molecule has 0 saturated carbocycles. The van der Waals surface area contributed by atoms with E-state index in [0.717, 1.165) is 60.3 Å². The van der Waals surface area contributed by atoms with Crippen molar-refractivity contribution in [3.8, 4) is 44.9 Å². The van der Waals surface area contributed by atoms with Gasteiger partial charge in [0.25, 0.3) is 0 Å². The van der Waals surface area contributed by atoms with E-state index in [4.69, 9.17) is 9.97 Å². The van der Waals surface area contributed by atoms with Crippen LogP contribution in [-0.2, 0) is 9.98 Å². The van der Waals surface area contributed by atoms with Crippen molar-refractivity contribution in [2.24, 2.45) is 0 Å². The van der Waals surface area contributed by atoms with E-state index in [1.54, 1.807) is 0 Å². The topological polar surface area (TPSA) is 42.9 Å². The number of hydrogen-bond acceptors (Lipinski definition) is 3. The first-order valence-electron chi connectivity index (χ1n) is 18.7. The van der Waals surface area contributed by atoms with Gasteiger partial charge in [-0.15, -0.1) is 0 Å². The maximum absolute atomic E-state index is 15.3. The van der Waals surface area contributed by atoms with Crippen molar-refractivity contribution >= 4 is 33.8 Å². The lowest BCUT2D eigenvalue weighted by Gasteiger charge is -2.29. The standard InChI is InChI=1S/C51H33N2OP/c54-55(36-18-3-1-4-19-36,37-20-5-2-6-21-37)38-32-30-35(31-33-38)50-52-48(42-26-15-17-34-16-7-8-22-39(34)42)47-43-25-11-14-29-46(43)51(49(47)53-50)44-27-12-9-23-40(44)41-24-10-13-28-45(41)51/h1-33H. The molecule has 8 aromatic carbocycles. The summed E-state index contributed by atoms with van der Waals surface area (Å²) < 4.78 is 15.3. The Morgan fingerprint density at radius 1 is 0.400 bits per heavy atom. The van der Waals surface area contributed by atoms with Gasteiger partial charge in [0.2, 0.25) is 0 Å². The van der Waals surface area contributed by atoms with E-state index in [9.17, 15) is 0 Å². The lowest BCUT2D eigenvalue weighted by atomic mass is 9.72. The van der Waals surface area contributed by atoms with Gasteiger partial charge in [0.05, 0.1) is 16.8 Å². The van der Waals surface area contributed by atoms with Crippen LogP contribution in [0.25, 0.3) is 55.7 Å². The fourth-order valence-corrected chi connectivity index (χ4v) is 11.9. The van der Waals surface area contributed by atoms with Crippen LogP contribution in [0.15, 0.2) is 200 Å². The van der Waals surface area contributed by atoms with Crippen LogP contribution in [0.2, 0.25) is 0 Å². The molecule has 2 aliphatic carbocycles. The van der Waals surface area contributed by atoms with Crippen LogP contribution in [0, 0.1) is 0 Å². The molecule has 1 spiro atoms. The molecule has 0 N–H and O–H groups in total. The SMILES string of the molecule is O=P(c1ccccc1)(c1ccccc1)c1ccc(-c2nc(-c3cccc4ccccc34)c3c(n2)C2(c4ccccc4-c4ccccc42)c2ccccc2-3)cc1. The molecule has 0 radical (unpaired) electrons. The van der Waals surface area contributed by atoms with Crippen molar-refractivity contribution in [1.29, 1.82) is 0 Å². The summed E-state index contributed by atoms with van der Waals surface area (Å²) in [4.78, 5) is 11.2. The average molecular weight is 721 g/mol. The average Bonchev–Trinajstić information content (AvgIpc) is 3.74. The third kappa shape index (κ3) is 4.48. The van der Waals surface area contributed by atoms with Crippen LogP contribution in [0.5, 0.6) is 0 Å². The number of aromatic nitrogens is 2. The Morgan fingerprint density at radius 2 is 0.873 bits per heavy atom. The van der Waals surface area contributed by atoms with E-state index in [2.05, 4.69) is 115 Å². The minimum absolute atomic E-state index is 0.633. The number of nitrogens with zero attached hydrogens (tertiary/aromatic N) is 2. The van der Waals surface area contributed by atoms with E-state index in [1.165, 1.54) is 27.8 Å². The van der Waals surface area contributed by atoms with Gasteiger partial charge in [-0.1, -0.05) is 200 Å². The maximum atomic E-state index is 15.3. The molecule has 0 atom stereocenters. The normalized spacial score (nSPS) is 13.3. The molecule has 4 heteroatoms. The summed E-state index contributed by atoms with van der Waals surface area (Å²) in [6.45, 7) is 0. The zero-order chi connectivity index (χ0) is 36.6. The third-order valence-corrected chi connectivity index (χ3v) is 14.7. The number of fused-ring (bicyclic) bond motifs is 11. The largest absolute Gasteiger partial charge is 0.309 e. The molecule has 0 amide bonds. The Labute approximate surface area is 320 Å². The summed E-state index contributed by atoms with van der Waals surface area (Å²) in [5.41, 5.74) is 11.6. The fourth-order valence-electron chi connectivity index (χ4n) is 9.22. The molecular formula is C51H33N2OP. The molecule has 2 aliphatic rings. The second kappa shape index (κ2) is 12.2. The van der Waals surface area contributed by atoms with E-state index >= 15 is 4.57 Å². The van der Waals surface area contributed by atoms with E-state index < -0.39 is 12.6 Å². The molecular weight excluding hydrogens is 688 g/mol. The molecule has 0 aliphatic heterocycles. The lowest BCUT2D eigenvalue weighted by Crippen LogP contribution is -2.27. The molecule has 0 bridgehead atoms. The molecule has 0 fully saturated rings. The van der Waals surface area contributed by atoms with Crippen LogP contribution in [0.1, 0.15) is 22.4 Å². The molecule has 0 saturated heterocycles. The highest BCUT2D eigenvalue weighted by Crippen LogP contribution is 2.63. The van der Waals surface area contributed by atoms with Gasteiger partial charge in [0.1, 0.15) is 0 Å². The third-order valence-electron chi connectivity index (χ3n) is 11.6. The Bertz CT molecular complexity index is 2920. The van der Waals surface area contributed by atoms with Gasteiger partial charge in [-0.3, -0.25) is 0 Å². The van der Waals surface area contributed by atoms with Crippen molar-refractivity contribution in [1.82, 2.24) is 9.97 Å². The van der Waals surface area contributed by atoms with E-state index in [0.29, 0.717) is 5.82 Å². The highest BCUT2D eigenvalue weighted by Gasteiger charge is 2.54. The quantitative estimate of drug-likeness (QED) is 0.166. The van der Waals surface area contributed by atoms with Gasteiger partial charge in [-0.2, -0.15) is 0 Å². The molecule has 3 nitrogen and oxygen atoms in total. The van der Waals surface area contributed by atoms with Crippen molar-refractivity contribution in [2.75, 3.05) is 0 Å². The molecule has 258 valence electrons. The van der Waals surface area contributed by atoms with E-state index in [-0.39, 0.29) is 0 Å². The van der Waals surface area contributed by atoms with Gasteiger partial charge in [-0.05, 0) is 44.2 Å². The predicted octanol–water partition coefficient (Wildman–Crippen LogP) is 10.9. The molecule has 9 aromatic rings. The van der Waals surface area contributed by atoms with Crippen molar-refractivity contribution in [3.05, 3.63) is 223 Å². The Balaban J connectivity index is 1.20. The second-order valence-electron chi connectivity index (χ2n) is 14.4. The highest BCUT2D eigenvalue weighted by atomic mass is 31.2. The Hall–Kier alpha value is -6.67. The minimum Gasteiger partial charge on any atom is -0.309 e. The molecule has 11 rings (SSSR count). The summed E-state index contributed by atoms with van der Waals surface area (Å²) in [6, 6.07) is 69.2.